The van der Waals surface area contributed by atoms with Crippen molar-refractivity contribution in [1.29, 1.82) is 0 Å². The quantitative estimate of drug-likeness (QED) is 0.407. The molecule has 0 rings (SSSR count). The van der Waals surface area contributed by atoms with Crippen LogP contribution in [-0.4, -0.2) is 5.11 Å². The van der Waals surface area contributed by atoms with Gasteiger partial charge in [-0.25, -0.2) is 0 Å². The minimum Gasteiger partial charge on any atom is -0.377 e. The molecule has 0 radical (unpaired) electrons. The SMILES string of the molecule is NC(N)=S.[Ar]. The molecule has 0 bridgehead atoms. The molecule has 0 atom stereocenters. The van der Waals surface area contributed by atoms with Gasteiger partial charge in [0.15, 0.2) is 5.11 Å². The van der Waals surface area contributed by atoms with Crippen LogP contribution in [-0.2, 0) is 0 Å². The van der Waals surface area contributed by atoms with Gasteiger partial charge in [-0.1, -0.05) is 0 Å². The van der Waals surface area contributed by atoms with Crippen LogP contribution in [0.4, 0.5) is 0 Å². The Morgan fingerprint density at radius 2 is 1.40 bits per heavy atom. The molecule has 0 amide bonds. The van der Waals surface area contributed by atoms with Crippen molar-refractivity contribution < 1.29 is 37.7 Å². The number of rotatable bonds is 0. The Labute approximate surface area is 65.9 Å². The first kappa shape index (κ1) is 9.34. The van der Waals surface area contributed by atoms with Gasteiger partial charge in [0, 0.05) is 37.7 Å². The van der Waals surface area contributed by atoms with E-state index in [9.17, 15) is 0 Å². The summed E-state index contributed by atoms with van der Waals surface area (Å²) in [5, 5.41) is 0.000000000000000222. The Bertz CT molecular complexity index is 32.6. The first-order chi connectivity index (χ1) is 1.73. The Kier molecular flexibility index (Phi) is 9.25. The molecule has 0 aliphatic carbocycles. The van der Waals surface area contributed by atoms with E-state index in [1.54, 1.807) is 0 Å². The second kappa shape index (κ2) is 4.95. The van der Waals surface area contributed by atoms with Crippen LogP contribution in [0.25, 0.3) is 0 Å². The van der Waals surface area contributed by atoms with E-state index in [1.807, 2.05) is 0 Å². The van der Waals surface area contributed by atoms with E-state index >= 15 is 0 Å². The zero-order valence-electron chi connectivity index (χ0n) is 2.42. The van der Waals surface area contributed by atoms with Gasteiger partial charge in [-0.05, 0) is 12.2 Å². The Balaban J connectivity index is 0. The summed E-state index contributed by atoms with van der Waals surface area (Å²) in [5.41, 5.74) is 9.24. The minimum absolute atomic E-state index is 0. The average Bonchev–Trinajstić information content (AvgIpc) is 0.811. The summed E-state index contributed by atoms with van der Waals surface area (Å²) in [4.78, 5) is 0. The molecule has 0 spiro atoms. The fourth-order valence-electron chi connectivity index (χ4n) is 0. The summed E-state index contributed by atoms with van der Waals surface area (Å²) in [6.45, 7) is 0. The first-order valence-corrected chi connectivity index (χ1v) is 1.19. The van der Waals surface area contributed by atoms with E-state index in [0.29, 0.717) is 0 Å². The molecule has 0 aromatic carbocycles. The third-order valence-corrected chi connectivity index (χ3v) is 0. The molecule has 0 aromatic rings. The molecule has 0 heterocycles. The topological polar surface area (TPSA) is 52.0 Å². The number of nitrogens with two attached hydrogens (primary N) is 2. The molecule has 4 heteroatoms. The van der Waals surface area contributed by atoms with Gasteiger partial charge in [0.05, 0.1) is 0 Å². The second-order valence-electron chi connectivity index (χ2n) is 0.402. The van der Waals surface area contributed by atoms with Crippen molar-refractivity contribution in [2.45, 2.75) is 0 Å². The molecule has 0 saturated heterocycles. The molecule has 5 heavy (non-hydrogen) atoms. The largest absolute Gasteiger partial charge is 0.377 e. The van der Waals surface area contributed by atoms with Crippen molar-refractivity contribution >= 4 is 17.3 Å². The summed E-state index contributed by atoms with van der Waals surface area (Å²) in [6.07, 6.45) is 0. The molecule has 0 fully saturated rings. The van der Waals surface area contributed by atoms with Crippen molar-refractivity contribution in [1.82, 2.24) is 0 Å². The molecule has 0 aliphatic heterocycles. The van der Waals surface area contributed by atoms with Crippen molar-refractivity contribution in [2.75, 3.05) is 0 Å². The normalized spacial score (nSPS) is 4.80. The zero-order valence-corrected chi connectivity index (χ0v) is 3.94. The summed E-state index contributed by atoms with van der Waals surface area (Å²) in [5.74, 6) is 0. The van der Waals surface area contributed by atoms with Crippen LogP contribution < -0.4 is 11.5 Å². The van der Waals surface area contributed by atoms with Gasteiger partial charge in [0.25, 0.3) is 0 Å². The Morgan fingerprint density at radius 3 is 1.40 bits per heavy atom. The van der Waals surface area contributed by atoms with Gasteiger partial charge in [0.1, 0.15) is 0 Å². The van der Waals surface area contributed by atoms with Gasteiger partial charge >= 0.3 is 0 Å². The van der Waals surface area contributed by atoms with Crippen molar-refractivity contribution in [3.63, 3.8) is 0 Å². The van der Waals surface area contributed by atoms with E-state index in [-0.39, 0.29) is 42.9 Å². The van der Waals surface area contributed by atoms with Crippen LogP contribution in [0, 0.1) is 37.7 Å². The van der Waals surface area contributed by atoms with Gasteiger partial charge in [-0.3, -0.25) is 0 Å². The maximum Gasteiger partial charge on any atom is 0.160 e. The van der Waals surface area contributed by atoms with Crippen LogP contribution >= 0.6 is 12.2 Å². The van der Waals surface area contributed by atoms with E-state index in [0.717, 1.165) is 0 Å². The average molecular weight is 116 g/mol. The maximum atomic E-state index is 4.62. The number of hydrogen-bond donors (Lipinski definition) is 2. The van der Waals surface area contributed by atoms with Gasteiger partial charge in [0.2, 0.25) is 0 Å². The molecule has 0 aliphatic rings. The summed E-state index contributed by atoms with van der Waals surface area (Å²) >= 11 is 4.09. The van der Waals surface area contributed by atoms with Crippen molar-refractivity contribution in [3.8, 4) is 0 Å². The third-order valence-electron chi connectivity index (χ3n) is 0. The fraction of sp³-hybridized carbons (Fsp3) is 0. The molecule has 4 N–H and O–H groups in total. The minimum atomic E-state index is 0. The molecule has 0 unspecified atom stereocenters. The Morgan fingerprint density at radius 1 is 1.40 bits per heavy atom. The molecule has 2 nitrogen and oxygen atoms in total. The van der Waals surface area contributed by atoms with Crippen molar-refractivity contribution in [2.24, 2.45) is 11.5 Å². The first-order valence-electron chi connectivity index (χ1n) is 0.781. The molecular formula is CH4ArN2S. The van der Waals surface area contributed by atoms with Gasteiger partial charge < -0.3 is 11.5 Å². The fourth-order valence-corrected chi connectivity index (χ4v) is 0. The summed E-state index contributed by atoms with van der Waals surface area (Å²) < 4.78 is 0. The predicted molar refractivity (Wildman–Crippen MR) is 21.0 cm³/mol. The van der Waals surface area contributed by atoms with Crippen LogP contribution in [0.2, 0.25) is 0 Å². The zero-order chi connectivity index (χ0) is 3.58. The van der Waals surface area contributed by atoms with Crippen LogP contribution in [0.5, 0.6) is 0 Å². The molecule has 0 aromatic heterocycles. The Hall–Kier alpha value is 0.950. The van der Waals surface area contributed by atoms with E-state index in [1.165, 1.54) is 0 Å². The monoisotopic (exact) mass is 116 g/mol. The molecule has 0 saturated carbocycles. The maximum absolute atomic E-state index is 4.62. The summed E-state index contributed by atoms with van der Waals surface area (Å²) in [7, 11) is 0. The van der Waals surface area contributed by atoms with Crippen LogP contribution in [0.1, 0.15) is 0 Å². The number of thiocarbonyl (C=S) groups is 1. The van der Waals surface area contributed by atoms with E-state index in [2.05, 4.69) is 23.7 Å². The van der Waals surface area contributed by atoms with E-state index in [4.69, 9.17) is 0 Å². The van der Waals surface area contributed by atoms with Gasteiger partial charge in [-0.2, -0.15) is 0 Å². The predicted octanol–water partition coefficient (Wildman–Crippen LogP) is -0.811. The van der Waals surface area contributed by atoms with Crippen LogP contribution in [0.3, 0.4) is 0 Å². The standard InChI is InChI=1S/CH4N2S.Ar/c2-1(3)4;/h(H4,2,3,4);. The van der Waals surface area contributed by atoms with Crippen molar-refractivity contribution in [3.05, 3.63) is 0 Å². The second-order valence-corrected chi connectivity index (χ2v) is 0.874. The van der Waals surface area contributed by atoms with Crippen LogP contribution in [0.15, 0.2) is 0 Å². The third kappa shape index (κ3) is 47.7. The number of hydrogen-bond acceptors (Lipinski definition) is 1. The van der Waals surface area contributed by atoms with Gasteiger partial charge in [-0.15, -0.1) is 0 Å². The van der Waals surface area contributed by atoms with E-state index < -0.39 is 0 Å². The molecular weight excluding hydrogens is 112 g/mol. The molecule has 32 valence electrons. The smallest absolute Gasteiger partial charge is 0.160 e. The summed E-state index contributed by atoms with van der Waals surface area (Å²) in [6, 6.07) is 0.